The molecule has 1 amide bonds. The molecule has 0 radical (unpaired) electrons. The number of rotatable bonds is 4. The number of amides is 1. The smallest absolute Gasteiger partial charge is 0.293 e. The summed E-state index contributed by atoms with van der Waals surface area (Å²) in [6, 6.07) is 15.1. The minimum Gasteiger partial charge on any atom is -0.428 e. The summed E-state index contributed by atoms with van der Waals surface area (Å²) in [5.41, 5.74) is 2.87. The Kier molecular flexibility index (Phi) is 3.88. The van der Waals surface area contributed by atoms with Gasteiger partial charge in [0.1, 0.15) is 5.52 Å². The average Bonchev–Trinajstić information content (AvgIpc) is 2.87. The van der Waals surface area contributed by atoms with Crippen LogP contribution in [0.5, 0.6) is 0 Å². The lowest BCUT2D eigenvalue weighted by Gasteiger charge is -2.05. The molecule has 1 aromatic heterocycles. The number of nitrogens with one attached hydrogen (secondary N) is 1. The van der Waals surface area contributed by atoms with Crippen LogP contribution in [0, 0.1) is 0 Å². The summed E-state index contributed by atoms with van der Waals surface area (Å²) in [6.45, 7) is 0.581. The van der Waals surface area contributed by atoms with Crippen LogP contribution in [0.25, 0.3) is 11.1 Å². The van der Waals surface area contributed by atoms with Gasteiger partial charge in [-0.2, -0.15) is 4.98 Å². The molecule has 3 aromatic rings. The van der Waals surface area contributed by atoms with E-state index in [2.05, 4.69) is 10.3 Å². The summed E-state index contributed by atoms with van der Waals surface area (Å²) in [5, 5.41) is 2.96. The second-order valence-corrected chi connectivity index (χ2v) is 4.96. The van der Waals surface area contributed by atoms with Crippen LogP contribution in [0.1, 0.15) is 15.9 Å². The molecule has 0 aliphatic rings. The molecule has 1 heterocycles. The zero-order chi connectivity index (χ0) is 14.7. The van der Waals surface area contributed by atoms with Gasteiger partial charge in [0.2, 0.25) is 0 Å². The monoisotopic (exact) mass is 300 g/mol. The maximum Gasteiger partial charge on any atom is 0.293 e. The van der Waals surface area contributed by atoms with E-state index in [1.807, 2.05) is 30.3 Å². The molecule has 0 saturated carbocycles. The molecule has 0 atom stereocenters. The van der Waals surface area contributed by atoms with E-state index >= 15 is 0 Å². The number of aromatic nitrogens is 1. The molecule has 106 valence electrons. The van der Waals surface area contributed by atoms with Crippen LogP contribution in [0.2, 0.25) is 5.35 Å². The number of hydrogen-bond donors (Lipinski definition) is 1. The van der Waals surface area contributed by atoms with Crippen molar-refractivity contribution in [2.75, 3.05) is 6.54 Å². The molecule has 0 spiro atoms. The van der Waals surface area contributed by atoms with E-state index in [4.69, 9.17) is 16.0 Å². The Morgan fingerprint density at radius 1 is 1.19 bits per heavy atom. The van der Waals surface area contributed by atoms with E-state index in [0.717, 1.165) is 6.42 Å². The first-order chi connectivity index (χ1) is 10.2. The zero-order valence-electron chi connectivity index (χ0n) is 11.2. The summed E-state index contributed by atoms with van der Waals surface area (Å²) in [7, 11) is 0. The molecule has 21 heavy (non-hydrogen) atoms. The Morgan fingerprint density at radius 2 is 2.00 bits per heavy atom. The molecule has 0 aliphatic carbocycles. The molecule has 3 rings (SSSR count). The van der Waals surface area contributed by atoms with E-state index in [1.165, 1.54) is 5.56 Å². The average molecular weight is 301 g/mol. The Balaban J connectivity index is 1.63. The van der Waals surface area contributed by atoms with Crippen LogP contribution < -0.4 is 5.32 Å². The van der Waals surface area contributed by atoms with Crippen molar-refractivity contribution in [1.82, 2.24) is 10.3 Å². The maximum absolute atomic E-state index is 12.1. The fourth-order valence-electron chi connectivity index (χ4n) is 2.10. The van der Waals surface area contributed by atoms with Crippen molar-refractivity contribution in [2.45, 2.75) is 6.42 Å². The standard InChI is InChI=1S/C16H13ClN2O2/c17-16-19-13-7-6-12(10-14(13)21-16)15(20)18-9-8-11-4-2-1-3-5-11/h1-7,10H,8-9H2,(H,18,20). The van der Waals surface area contributed by atoms with Crippen LogP contribution in [0.4, 0.5) is 0 Å². The predicted molar refractivity (Wildman–Crippen MR) is 81.5 cm³/mol. The normalized spacial score (nSPS) is 10.7. The van der Waals surface area contributed by atoms with Gasteiger partial charge in [-0.1, -0.05) is 30.3 Å². The lowest BCUT2D eigenvalue weighted by Crippen LogP contribution is -2.25. The van der Waals surface area contributed by atoms with Gasteiger partial charge in [0, 0.05) is 12.1 Å². The van der Waals surface area contributed by atoms with Crippen LogP contribution in [0.3, 0.4) is 0 Å². The quantitative estimate of drug-likeness (QED) is 0.803. The Morgan fingerprint density at radius 3 is 2.81 bits per heavy atom. The highest BCUT2D eigenvalue weighted by Crippen LogP contribution is 2.19. The van der Waals surface area contributed by atoms with Gasteiger partial charge in [-0.15, -0.1) is 0 Å². The van der Waals surface area contributed by atoms with Gasteiger partial charge in [0.15, 0.2) is 5.58 Å². The number of halogens is 1. The van der Waals surface area contributed by atoms with Gasteiger partial charge in [0.25, 0.3) is 11.3 Å². The van der Waals surface area contributed by atoms with Crippen molar-refractivity contribution in [1.29, 1.82) is 0 Å². The molecule has 5 heteroatoms. The fourth-order valence-corrected chi connectivity index (χ4v) is 2.28. The Hall–Kier alpha value is -2.33. The first-order valence-electron chi connectivity index (χ1n) is 6.60. The molecule has 2 aromatic carbocycles. The van der Waals surface area contributed by atoms with Gasteiger partial charge in [-0.25, -0.2) is 0 Å². The molecule has 1 N–H and O–H groups in total. The summed E-state index contributed by atoms with van der Waals surface area (Å²) < 4.78 is 5.21. The van der Waals surface area contributed by atoms with Crippen molar-refractivity contribution in [3.8, 4) is 0 Å². The van der Waals surface area contributed by atoms with Crippen molar-refractivity contribution >= 4 is 28.6 Å². The number of nitrogens with zero attached hydrogens (tertiary/aromatic N) is 1. The summed E-state index contributed by atoms with van der Waals surface area (Å²) in [4.78, 5) is 16.1. The highest BCUT2D eigenvalue weighted by molar-refractivity contribution is 6.28. The third-order valence-corrected chi connectivity index (χ3v) is 3.33. The van der Waals surface area contributed by atoms with Crippen molar-refractivity contribution in [3.63, 3.8) is 0 Å². The van der Waals surface area contributed by atoms with Gasteiger partial charge in [0.05, 0.1) is 0 Å². The number of hydrogen-bond acceptors (Lipinski definition) is 3. The summed E-state index contributed by atoms with van der Waals surface area (Å²) in [6.07, 6.45) is 0.795. The highest BCUT2D eigenvalue weighted by atomic mass is 35.5. The van der Waals surface area contributed by atoms with Crippen LogP contribution >= 0.6 is 11.6 Å². The third-order valence-electron chi connectivity index (χ3n) is 3.17. The number of fused-ring (bicyclic) bond motifs is 1. The molecule has 0 bridgehead atoms. The van der Waals surface area contributed by atoms with Gasteiger partial charge in [-0.3, -0.25) is 4.79 Å². The summed E-state index contributed by atoms with van der Waals surface area (Å²) in [5.74, 6) is -0.139. The topological polar surface area (TPSA) is 55.1 Å². The number of carbonyl (C=O) groups excluding carboxylic acids is 1. The highest BCUT2D eigenvalue weighted by Gasteiger charge is 2.09. The van der Waals surface area contributed by atoms with Gasteiger partial charge in [-0.05, 0) is 41.8 Å². The Labute approximate surface area is 126 Å². The summed E-state index contributed by atoms with van der Waals surface area (Å²) >= 11 is 5.69. The minimum absolute atomic E-state index is 0.0756. The van der Waals surface area contributed by atoms with Crippen LogP contribution in [-0.4, -0.2) is 17.4 Å². The first-order valence-corrected chi connectivity index (χ1v) is 6.98. The largest absolute Gasteiger partial charge is 0.428 e. The first kappa shape index (κ1) is 13.6. The molecule has 0 unspecified atom stereocenters. The lowest BCUT2D eigenvalue weighted by atomic mass is 10.1. The molecular formula is C16H13ClN2O2. The maximum atomic E-state index is 12.1. The fraction of sp³-hybridized carbons (Fsp3) is 0.125. The van der Waals surface area contributed by atoms with Gasteiger partial charge >= 0.3 is 0 Å². The molecule has 0 aliphatic heterocycles. The number of oxazole rings is 1. The van der Waals surface area contributed by atoms with Crippen molar-refractivity contribution in [2.24, 2.45) is 0 Å². The van der Waals surface area contributed by atoms with E-state index in [1.54, 1.807) is 18.2 Å². The van der Waals surface area contributed by atoms with Crippen LogP contribution in [-0.2, 0) is 6.42 Å². The second kappa shape index (κ2) is 5.97. The molecule has 0 saturated heterocycles. The number of benzene rings is 2. The van der Waals surface area contributed by atoms with E-state index in [9.17, 15) is 4.79 Å². The van der Waals surface area contributed by atoms with Gasteiger partial charge < -0.3 is 9.73 Å². The molecular weight excluding hydrogens is 288 g/mol. The minimum atomic E-state index is -0.139. The third kappa shape index (κ3) is 3.23. The second-order valence-electron chi connectivity index (χ2n) is 4.64. The van der Waals surface area contributed by atoms with E-state index < -0.39 is 0 Å². The van der Waals surface area contributed by atoms with E-state index in [-0.39, 0.29) is 11.3 Å². The Bertz CT molecular complexity index is 768. The molecule has 4 nitrogen and oxygen atoms in total. The van der Waals surface area contributed by atoms with Crippen molar-refractivity contribution < 1.29 is 9.21 Å². The van der Waals surface area contributed by atoms with Crippen LogP contribution in [0.15, 0.2) is 52.9 Å². The molecule has 0 fully saturated rings. The lowest BCUT2D eigenvalue weighted by molar-refractivity contribution is 0.0954. The zero-order valence-corrected chi connectivity index (χ0v) is 11.9. The predicted octanol–water partition coefficient (Wildman–Crippen LogP) is 3.45. The SMILES string of the molecule is O=C(NCCc1ccccc1)c1ccc2nc(Cl)oc2c1. The van der Waals surface area contributed by atoms with Crippen molar-refractivity contribution in [3.05, 3.63) is 65.0 Å². The van der Waals surface area contributed by atoms with E-state index in [0.29, 0.717) is 23.2 Å². The number of carbonyl (C=O) groups is 1.